The van der Waals surface area contributed by atoms with Crippen LogP contribution in [0.2, 0.25) is 0 Å². The maximum absolute atomic E-state index is 13.5. The van der Waals surface area contributed by atoms with Gasteiger partial charge in [0.15, 0.2) is 6.04 Å². The molecule has 3 heterocycles. The fourth-order valence-electron chi connectivity index (χ4n) is 3.87. The van der Waals surface area contributed by atoms with Gasteiger partial charge in [-0.05, 0) is 38.1 Å². The molecule has 0 saturated carbocycles. The molecule has 2 aromatic heterocycles. The maximum Gasteiger partial charge on any atom is 0.490 e. The number of aromatic nitrogens is 3. The van der Waals surface area contributed by atoms with Crippen LogP contribution in [0, 0.1) is 0 Å². The van der Waals surface area contributed by atoms with Gasteiger partial charge in [-0.15, -0.1) is 0 Å². The molecule has 4 rings (SSSR count). The highest BCUT2D eigenvalue weighted by molar-refractivity contribution is 6.01. The summed E-state index contributed by atoms with van der Waals surface area (Å²) in [5.74, 6) is -2.65. The molecule has 2 N–H and O–H groups in total. The first kappa shape index (κ1) is 28.2. The number of halogens is 3. The smallest absolute Gasteiger partial charge is 0.490 e. The number of carboxylic acid groups (broad SMARTS) is 1. The van der Waals surface area contributed by atoms with Gasteiger partial charge in [0.25, 0.3) is 11.8 Å². The van der Waals surface area contributed by atoms with Crippen molar-refractivity contribution in [3.8, 4) is 5.75 Å². The third kappa shape index (κ3) is 6.47. The van der Waals surface area contributed by atoms with E-state index < -0.39 is 18.2 Å². The molecule has 0 aliphatic carbocycles. The number of methoxy groups -OCH3 is 1. The molecule has 2 amide bonds. The largest absolute Gasteiger partial charge is 0.497 e. The molecule has 0 bridgehead atoms. The Morgan fingerprint density at radius 2 is 1.89 bits per heavy atom. The zero-order valence-corrected chi connectivity index (χ0v) is 20.8. The topological polar surface area (TPSA) is 127 Å². The number of carbonyl (C=O) groups is 3. The Hall–Kier alpha value is -4.42. The molecule has 1 aromatic carbocycles. The molecular weight excluding hydrogens is 507 g/mol. The number of benzene rings is 1. The number of carboxylic acids is 1. The van der Waals surface area contributed by atoms with Gasteiger partial charge in [-0.3, -0.25) is 14.6 Å². The average Bonchev–Trinajstić information content (AvgIpc) is 3.32. The van der Waals surface area contributed by atoms with E-state index in [1.165, 1.54) is 6.20 Å². The molecule has 1 aliphatic rings. The van der Waals surface area contributed by atoms with Crippen molar-refractivity contribution in [2.45, 2.75) is 38.5 Å². The van der Waals surface area contributed by atoms with Crippen LogP contribution in [-0.2, 0) is 16.0 Å². The van der Waals surface area contributed by atoms with Gasteiger partial charge in [0.1, 0.15) is 5.75 Å². The lowest BCUT2D eigenvalue weighted by Crippen LogP contribution is -2.46. The molecule has 3 aromatic rings. The molecule has 0 saturated heterocycles. The lowest BCUT2D eigenvalue weighted by molar-refractivity contribution is -0.192. The maximum atomic E-state index is 13.5. The SMILES string of the molecule is COc1cccc(NC(=O)C2c3c(ncn3C(C)C)CCN2C(=O)c2cccnc2)c1.O=C(O)C(F)(F)F. The molecule has 1 aliphatic heterocycles. The van der Waals surface area contributed by atoms with Gasteiger partial charge < -0.3 is 24.6 Å². The summed E-state index contributed by atoms with van der Waals surface area (Å²) >= 11 is 0. The Morgan fingerprint density at radius 1 is 1.18 bits per heavy atom. The molecule has 10 nitrogen and oxygen atoms in total. The van der Waals surface area contributed by atoms with Crippen LogP contribution in [-0.4, -0.2) is 62.2 Å². The Kier molecular flexibility index (Phi) is 8.71. The number of amides is 2. The molecule has 0 radical (unpaired) electrons. The number of fused-ring (bicyclic) bond motifs is 1. The van der Waals surface area contributed by atoms with Gasteiger partial charge >= 0.3 is 12.1 Å². The molecule has 0 fully saturated rings. The molecule has 38 heavy (non-hydrogen) atoms. The minimum absolute atomic E-state index is 0.0943. The van der Waals surface area contributed by atoms with Crippen LogP contribution in [0.3, 0.4) is 0 Å². The van der Waals surface area contributed by atoms with Crippen LogP contribution in [0.4, 0.5) is 18.9 Å². The summed E-state index contributed by atoms with van der Waals surface area (Å²) in [6.07, 6.45) is 0.393. The van der Waals surface area contributed by atoms with Crippen molar-refractivity contribution < 1.29 is 37.4 Å². The predicted octanol–water partition coefficient (Wildman–Crippen LogP) is 3.88. The molecule has 1 atom stereocenters. The Balaban J connectivity index is 0.000000505. The fraction of sp³-hybridized carbons (Fsp3) is 0.320. The van der Waals surface area contributed by atoms with Crippen LogP contribution < -0.4 is 10.1 Å². The van der Waals surface area contributed by atoms with E-state index in [-0.39, 0.29) is 17.9 Å². The number of nitrogens with one attached hydrogen (secondary N) is 1. The number of aliphatic carboxylic acids is 1. The highest BCUT2D eigenvalue weighted by atomic mass is 19.4. The second-order valence-corrected chi connectivity index (χ2v) is 8.49. The average molecular weight is 534 g/mol. The number of rotatable bonds is 5. The Morgan fingerprint density at radius 3 is 2.47 bits per heavy atom. The highest BCUT2D eigenvalue weighted by Gasteiger charge is 2.40. The summed E-state index contributed by atoms with van der Waals surface area (Å²) in [4.78, 5) is 46.0. The molecule has 13 heteroatoms. The van der Waals surface area contributed by atoms with Crippen molar-refractivity contribution in [1.29, 1.82) is 0 Å². The van der Waals surface area contributed by atoms with Crippen LogP contribution in [0.15, 0.2) is 55.1 Å². The van der Waals surface area contributed by atoms with E-state index in [0.717, 1.165) is 11.4 Å². The number of alkyl halides is 3. The lowest BCUT2D eigenvalue weighted by Gasteiger charge is -2.36. The monoisotopic (exact) mass is 533 g/mol. The number of nitrogens with zero attached hydrogens (tertiary/aromatic N) is 4. The fourth-order valence-corrected chi connectivity index (χ4v) is 3.87. The van der Waals surface area contributed by atoms with Crippen molar-refractivity contribution in [2.75, 3.05) is 19.0 Å². The molecule has 1 unspecified atom stereocenters. The van der Waals surface area contributed by atoms with E-state index in [4.69, 9.17) is 14.6 Å². The number of carbonyl (C=O) groups excluding carboxylic acids is 2. The Labute approximate surface area is 216 Å². The van der Waals surface area contributed by atoms with Crippen LogP contribution in [0.5, 0.6) is 5.75 Å². The van der Waals surface area contributed by atoms with Gasteiger partial charge in [0.05, 0.1) is 30.4 Å². The Bertz CT molecular complexity index is 1290. The number of hydrogen-bond acceptors (Lipinski definition) is 6. The van der Waals surface area contributed by atoms with Crippen LogP contribution >= 0.6 is 0 Å². The quantitative estimate of drug-likeness (QED) is 0.510. The zero-order valence-electron chi connectivity index (χ0n) is 20.8. The van der Waals surface area contributed by atoms with Crippen molar-refractivity contribution in [3.63, 3.8) is 0 Å². The summed E-state index contributed by atoms with van der Waals surface area (Å²) < 4.78 is 39.0. The van der Waals surface area contributed by atoms with Crippen LogP contribution in [0.25, 0.3) is 0 Å². The molecular formula is C25H26F3N5O5. The number of hydrogen-bond donors (Lipinski definition) is 2. The summed E-state index contributed by atoms with van der Waals surface area (Å²) in [5.41, 5.74) is 2.63. The van der Waals surface area contributed by atoms with Crippen molar-refractivity contribution in [2.24, 2.45) is 0 Å². The standard InChI is InChI=1S/C23H25N5O3.C2HF3O2/c1-15(2)28-14-25-19-9-11-27(23(30)16-6-5-10-24-13-16)21(20(19)28)22(29)26-17-7-4-8-18(12-17)31-3;3-2(4,5)1(6)7/h4-8,10,12-15,21H,9,11H2,1-3H3,(H,26,29);(H,6,7). The van der Waals surface area contributed by atoms with Crippen molar-refractivity contribution in [3.05, 3.63) is 72.1 Å². The number of ether oxygens (including phenoxy) is 1. The summed E-state index contributed by atoms with van der Waals surface area (Å²) in [6.45, 7) is 4.45. The van der Waals surface area contributed by atoms with E-state index in [9.17, 15) is 22.8 Å². The van der Waals surface area contributed by atoms with Gasteiger partial charge in [-0.25, -0.2) is 9.78 Å². The van der Waals surface area contributed by atoms with Gasteiger partial charge in [-0.2, -0.15) is 13.2 Å². The third-order valence-electron chi connectivity index (χ3n) is 5.63. The molecule has 0 spiro atoms. The van der Waals surface area contributed by atoms with Gasteiger partial charge in [0, 0.05) is 43.2 Å². The third-order valence-corrected chi connectivity index (χ3v) is 5.63. The highest BCUT2D eigenvalue weighted by Crippen LogP contribution is 2.33. The first-order valence-electron chi connectivity index (χ1n) is 11.5. The normalized spacial score (nSPS) is 14.7. The van der Waals surface area contributed by atoms with Crippen molar-refractivity contribution >= 4 is 23.5 Å². The van der Waals surface area contributed by atoms with E-state index in [2.05, 4.69) is 15.3 Å². The summed E-state index contributed by atoms with van der Waals surface area (Å²) in [6, 6.07) is 9.85. The van der Waals surface area contributed by atoms with E-state index >= 15 is 0 Å². The zero-order chi connectivity index (χ0) is 28.0. The van der Waals surface area contributed by atoms with Gasteiger partial charge in [0.2, 0.25) is 0 Å². The predicted molar refractivity (Wildman–Crippen MR) is 130 cm³/mol. The minimum atomic E-state index is -5.08. The minimum Gasteiger partial charge on any atom is -0.497 e. The van der Waals surface area contributed by atoms with E-state index in [0.29, 0.717) is 30.0 Å². The second kappa shape index (κ2) is 11.8. The van der Waals surface area contributed by atoms with E-state index in [1.807, 2.05) is 18.4 Å². The van der Waals surface area contributed by atoms with Gasteiger partial charge in [-0.1, -0.05) is 6.07 Å². The van der Waals surface area contributed by atoms with Crippen LogP contribution in [0.1, 0.15) is 47.7 Å². The first-order chi connectivity index (χ1) is 17.9. The number of pyridine rings is 1. The van der Waals surface area contributed by atoms with Crippen molar-refractivity contribution in [1.82, 2.24) is 19.4 Å². The van der Waals surface area contributed by atoms with E-state index in [1.54, 1.807) is 60.9 Å². The first-order valence-corrected chi connectivity index (χ1v) is 11.5. The number of imidazole rings is 1. The second-order valence-electron chi connectivity index (χ2n) is 8.49. The summed E-state index contributed by atoms with van der Waals surface area (Å²) in [7, 11) is 1.57. The number of anilines is 1. The lowest BCUT2D eigenvalue weighted by atomic mass is 9.99. The summed E-state index contributed by atoms with van der Waals surface area (Å²) in [5, 5.41) is 10.1. The molecule has 202 valence electrons.